The number of hydrogen-bond acceptors (Lipinski definition) is 8. The van der Waals surface area contributed by atoms with Crippen LogP contribution < -0.4 is 15.6 Å². The molecule has 0 radical (unpaired) electrons. The van der Waals surface area contributed by atoms with Crippen LogP contribution in [0.1, 0.15) is 35.6 Å². The fourth-order valence-corrected chi connectivity index (χ4v) is 7.77. The van der Waals surface area contributed by atoms with Gasteiger partial charge in [-0.2, -0.15) is 0 Å². The van der Waals surface area contributed by atoms with Crippen LogP contribution >= 0.6 is 23.2 Å². The number of nitrogens with zero attached hydrogens (tertiary/aromatic N) is 1. The fourth-order valence-electron chi connectivity index (χ4n) is 5.87. The second kappa shape index (κ2) is 15.6. The molecule has 12 heteroatoms. The van der Waals surface area contributed by atoms with Crippen LogP contribution in [0.3, 0.4) is 0 Å². The lowest BCUT2D eigenvalue weighted by atomic mass is 9.85. The van der Waals surface area contributed by atoms with Crippen molar-refractivity contribution >= 4 is 55.6 Å². The summed E-state index contributed by atoms with van der Waals surface area (Å²) in [6, 6.07) is 33.7. The monoisotopic (exact) mass is 731 g/mol. The lowest BCUT2D eigenvalue weighted by Crippen LogP contribution is -2.53. The zero-order valence-electron chi connectivity index (χ0n) is 26.9. The molecule has 2 atom stereocenters. The van der Waals surface area contributed by atoms with Crippen molar-refractivity contribution in [1.82, 2.24) is 10.9 Å². The minimum atomic E-state index is -3.84. The first-order valence-electron chi connectivity index (χ1n) is 16.0. The van der Waals surface area contributed by atoms with Crippen molar-refractivity contribution in [2.45, 2.75) is 35.9 Å². The van der Waals surface area contributed by atoms with Crippen LogP contribution in [0.25, 0.3) is 10.8 Å². The Morgan fingerprint density at radius 3 is 2.42 bits per heavy atom. The van der Waals surface area contributed by atoms with Gasteiger partial charge in [0.05, 0.1) is 17.3 Å². The summed E-state index contributed by atoms with van der Waals surface area (Å²) in [5, 5.41) is 11.8. The summed E-state index contributed by atoms with van der Waals surface area (Å²) in [7, 11) is -3.84. The Bertz CT molecular complexity index is 2110. The van der Waals surface area contributed by atoms with Crippen molar-refractivity contribution in [3.05, 3.63) is 142 Å². The van der Waals surface area contributed by atoms with Crippen molar-refractivity contribution in [1.29, 1.82) is 0 Å². The molecular weight excluding hydrogens is 697 g/mol. The molecule has 0 saturated heterocycles. The number of hydrogen-bond donors (Lipinski definition) is 3. The van der Waals surface area contributed by atoms with Crippen molar-refractivity contribution < 1.29 is 27.8 Å². The number of aliphatic hydroxyl groups excluding tert-OH is 1. The highest BCUT2D eigenvalue weighted by molar-refractivity contribution is 7.91. The maximum Gasteiger partial charge on any atom is 0.266 e. The van der Waals surface area contributed by atoms with Crippen LogP contribution in [0.2, 0.25) is 10.0 Å². The summed E-state index contributed by atoms with van der Waals surface area (Å²) in [6.07, 6.45) is -0.867. The topological polar surface area (TPSA) is 126 Å². The van der Waals surface area contributed by atoms with Crippen LogP contribution in [-0.2, 0) is 25.9 Å². The van der Waals surface area contributed by atoms with E-state index >= 15 is 0 Å². The second-order valence-corrected chi connectivity index (χ2v) is 14.7. The highest BCUT2D eigenvalue weighted by Crippen LogP contribution is 2.45. The van der Waals surface area contributed by atoms with E-state index < -0.39 is 33.1 Å². The Kier molecular flexibility index (Phi) is 11.1. The maximum atomic E-state index is 14.5. The van der Waals surface area contributed by atoms with E-state index in [1.807, 2.05) is 42.5 Å². The van der Waals surface area contributed by atoms with E-state index in [1.54, 1.807) is 60.7 Å². The van der Waals surface area contributed by atoms with Gasteiger partial charge in [0.15, 0.2) is 21.5 Å². The van der Waals surface area contributed by atoms with E-state index in [9.17, 15) is 13.2 Å². The Morgan fingerprint density at radius 1 is 0.920 bits per heavy atom. The third-order valence-electron chi connectivity index (χ3n) is 8.49. The van der Waals surface area contributed by atoms with Crippen LogP contribution in [-0.4, -0.2) is 49.8 Å². The average molecular weight is 733 g/mol. The highest BCUT2D eigenvalue weighted by Gasteiger charge is 2.54. The van der Waals surface area contributed by atoms with E-state index in [2.05, 4.69) is 10.9 Å². The lowest BCUT2D eigenvalue weighted by Gasteiger charge is -2.31. The van der Waals surface area contributed by atoms with Crippen molar-refractivity contribution in [2.75, 3.05) is 19.0 Å². The smallest absolute Gasteiger partial charge is 0.266 e. The van der Waals surface area contributed by atoms with Gasteiger partial charge in [0, 0.05) is 47.2 Å². The number of ether oxygens (including phenoxy) is 2. The van der Waals surface area contributed by atoms with Crippen molar-refractivity contribution in [2.24, 2.45) is 4.99 Å². The van der Waals surface area contributed by atoms with E-state index in [1.165, 1.54) is 12.1 Å². The van der Waals surface area contributed by atoms with Gasteiger partial charge in [0.25, 0.3) is 5.91 Å². The first-order chi connectivity index (χ1) is 24.2. The molecule has 1 aliphatic heterocycles. The van der Waals surface area contributed by atoms with Crippen LogP contribution in [0.15, 0.2) is 125 Å². The summed E-state index contributed by atoms with van der Waals surface area (Å²) in [6.45, 7) is 0.640. The summed E-state index contributed by atoms with van der Waals surface area (Å²) < 4.78 is 39.4. The third-order valence-corrected chi connectivity index (χ3v) is 10.8. The number of sulfone groups is 1. The molecule has 0 unspecified atom stereocenters. The van der Waals surface area contributed by atoms with Crippen molar-refractivity contribution in [3.8, 4) is 5.75 Å². The lowest BCUT2D eigenvalue weighted by molar-refractivity contribution is -0.130. The van der Waals surface area contributed by atoms with Crippen molar-refractivity contribution in [3.63, 3.8) is 0 Å². The standard InChI is InChI=1S/C38H35Cl2N3O6S/c39-29-16-19-33(34(40)24-29)35-38(20-23-50(46,47)31-11-2-1-3-12-31,42-36(49-35)27-14-17-30(18-15-27)48-22-7-21-44)37(45)43-41-25-28-10-6-9-26-8-4-5-13-32(26)28/h1-6,8-19,24,35,41,44H,7,20-23,25H2,(H,43,45)/t35-,38-/m0/s1. The predicted octanol–water partition coefficient (Wildman–Crippen LogP) is 6.85. The van der Waals surface area contributed by atoms with E-state index in [0.29, 0.717) is 34.9 Å². The van der Waals surface area contributed by atoms with Crippen LogP contribution in [0, 0.1) is 0 Å². The number of fused-ring (bicyclic) bond motifs is 1. The molecule has 5 aromatic carbocycles. The van der Waals surface area contributed by atoms with Crippen LogP contribution in [0.5, 0.6) is 5.75 Å². The van der Waals surface area contributed by atoms with Crippen LogP contribution in [0.4, 0.5) is 0 Å². The van der Waals surface area contributed by atoms with Gasteiger partial charge in [-0.25, -0.2) is 18.8 Å². The molecule has 0 bridgehead atoms. The zero-order chi connectivity index (χ0) is 35.1. The minimum Gasteiger partial charge on any atom is -0.494 e. The number of rotatable bonds is 14. The molecule has 1 amide bonds. The zero-order valence-corrected chi connectivity index (χ0v) is 29.2. The average Bonchev–Trinajstić information content (AvgIpc) is 3.52. The number of aliphatic hydroxyl groups is 1. The number of benzene rings is 5. The molecule has 1 heterocycles. The summed E-state index contributed by atoms with van der Waals surface area (Å²) in [5.74, 6) is -0.304. The van der Waals surface area contributed by atoms with Gasteiger partial charge in [0.2, 0.25) is 5.90 Å². The van der Waals surface area contributed by atoms with Gasteiger partial charge in [0.1, 0.15) is 5.75 Å². The number of carbonyl (C=O) groups excluding carboxylic acids is 1. The first kappa shape index (κ1) is 35.4. The Morgan fingerprint density at radius 2 is 1.66 bits per heavy atom. The van der Waals surface area contributed by atoms with E-state index in [4.69, 9.17) is 42.8 Å². The largest absolute Gasteiger partial charge is 0.494 e. The number of hydrazine groups is 1. The normalized spacial score (nSPS) is 17.3. The summed E-state index contributed by atoms with van der Waals surface area (Å²) >= 11 is 13.0. The van der Waals surface area contributed by atoms with Gasteiger partial charge in [-0.05, 0) is 64.9 Å². The summed E-state index contributed by atoms with van der Waals surface area (Å²) in [4.78, 5) is 19.6. The number of amides is 1. The maximum absolute atomic E-state index is 14.5. The molecule has 3 N–H and O–H groups in total. The first-order valence-corrected chi connectivity index (χ1v) is 18.4. The van der Waals surface area contributed by atoms with Gasteiger partial charge >= 0.3 is 0 Å². The van der Waals surface area contributed by atoms with Gasteiger partial charge in [-0.15, -0.1) is 0 Å². The molecule has 0 fully saturated rings. The number of nitrogens with one attached hydrogen (secondary N) is 2. The molecule has 1 aliphatic rings. The molecule has 6 rings (SSSR count). The predicted molar refractivity (Wildman–Crippen MR) is 195 cm³/mol. The van der Waals surface area contributed by atoms with Gasteiger partial charge < -0.3 is 14.6 Å². The molecule has 50 heavy (non-hydrogen) atoms. The fraction of sp³-hybridized carbons (Fsp3) is 0.211. The molecule has 0 aliphatic carbocycles. The second-order valence-electron chi connectivity index (χ2n) is 11.8. The molecule has 0 saturated carbocycles. The number of carbonyl (C=O) groups is 1. The van der Waals surface area contributed by atoms with E-state index in [-0.39, 0.29) is 35.4 Å². The minimum absolute atomic E-state index is 0.0122. The molecule has 0 aromatic heterocycles. The quantitative estimate of drug-likeness (QED) is 0.0843. The molecule has 0 spiro atoms. The molecular formula is C38H35Cl2N3O6S. The third kappa shape index (κ3) is 7.80. The highest BCUT2D eigenvalue weighted by atomic mass is 35.5. The van der Waals surface area contributed by atoms with Gasteiger partial charge in [-0.1, -0.05) is 89.9 Å². The Labute approximate surface area is 300 Å². The SMILES string of the molecule is O=C(NNCc1cccc2ccccc12)[C@@]1(CCS(=O)(=O)c2ccccc2)N=C(c2ccc(OCCCO)cc2)O[C@H]1c1ccc(Cl)cc1Cl. The Hall–Kier alpha value is -4.45. The van der Waals surface area contributed by atoms with E-state index in [0.717, 1.165) is 16.3 Å². The summed E-state index contributed by atoms with van der Waals surface area (Å²) in [5.41, 5.74) is 5.99. The van der Waals surface area contributed by atoms with Gasteiger partial charge in [-0.3, -0.25) is 10.2 Å². The molecule has 5 aromatic rings. The molecule has 9 nitrogen and oxygen atoms in total. The molecule has 258 valence electrons. The number of aliphatic imine (C=N–C) groups is 1. The Balaban J connectivity index is 1.38. The number of halogens is 2.